The normalized spacial score (nSPS) is 17.6. The maximum Gasteiger partial charge on any atom is 0.123 e. The van der Waals surface area contributed by atoms with Crippen molar-refractivity contribution < 1.29 is 14.9 Å². The third kappa shape index (κ3) is 3.39. The topological polar surface area (TPSA) is 61.7 Å². The largest absolute Gasteiger partial charge is 0.507 e. The highest BCUT2D eigenvalue weighted by Crippen LogP contribution is 2.37. The average Bonchev–Trinajstić information content (AvgIpc) is 2.90. The summed E-state index contributed by atoms with van der Waals surface area (Å²) in [5.74, 6) is 0.903. The molecule has 1 aromatic rings. The Balaban J connectivity index is 1.88. The van der Waals surface area contributed by atoms with Gasteiger partial charge in [0.2, 0.25) is 0 Å². The average molecular weight is 265 g/mol. The van der Waals surface area contributed by atoms with Crippen LogP contribution in [-0.2, 0) is 6.54 Å². The number of aliphatic hydroxyl groups is 1. The van der Waals surface area contributed by atoms with E-state index in [1.165, 1.54) is 12.8 Å². The van der Waals surface area contributed by atoms with E-state index >= 15 is 0 Å². The molecule has 4 heteroatoms. The third-order valence-electron chi connectivity index (χ3n) is 4.11. The van der Waals surface area contributed by atoms with E-state index in [0.717, 1.165) is 24.9 Å². The van der Waals surface area contributed by atoms with Gasteiger partial charge >= 0.3 is 0 Å². The summed E-state index contributed by atoms with van der Waals surface area (Å²) in [6.07, 6.45) is 4.59. The molecule has 1 fully saturated rings. The minimum absolute atomic E-state index is 0.0437. The molecule has 0 amide bonds. The third-order valence-corrected chi connectivity index (χ3v) is 4.11. The van der Waals surface area contributed by atoms with E-state index in [1.807, 2.05) is 12.1 Å². The summed E-state index contributed by atoms with van der Waals surface area (Å²) in [5, 5.41) is 22.8. The van der Waals surface area contributed by atoms with Gasteiger partial charge in [0.25, 0.3) is 0 Å². The van der Waals surface area contributed by atoms with Crippen LogP contribution in [0.1, 0.15) is 31.2 Å². The summed E-state index contributed by atoms with van der Waals surface area (Å²) < 4.78 is 5.06. The number of rotatable bonds is 6. The summed E-state index contributed by atoms with van der Waals surface area (Å²) in [7, 11) is 1.58. The van der Waals surface area contributed by atoms with Gasteiger partial charge in [-0.3, -0.25) is 0 Å². The molecule has 0 heterocycles. The van der Waals surface area contributed by atoms with Gasteiger partial charge in [-0.15, -0.1) is 0 Å². The lowest BCUT2D eigenvalue weighted by Gasteiger charge is -2.26. The number of phenols is 1. The zero-order valence-electron chi connectivity index (χ0n) is 11.5. The number of aromatic hydroxyl groups is 1. The Hall–Kier alpha value is -1.26. The SMILES string of the molecule is COc1ccc(CNCC2(CO)CCCC2)c(O)c1. The quantitative estimate of drug-likeness (QED) is 0.736. The molecule has 0 aliphatic heterocycles. The van der Waals surface area contributed by atoms with E-state index in [-0.39, 0.29) is 17.8 Å². The van der Waals surface area contributed by atoms with Crippen LogP contribution in [0.3, 0.4) is 0 Å². The molecule has 3 N–H and O–H groups in total. The monoisotopic (exact) mass is 265 g/mol. The number of phenolic OH excluding ortho intramolecular Hbond substituents is 1. The van der Waals surface area contributed by atoms with Crippen LogP contribution in [0, 0.1) is 5.41 Å². The Morgan fingerprint density at radius 3 is 2.63 bits per heavy atom. The van der Waals surface area contributed by atoms with E-state index in [2.05, 4.69) is 5.32 Å². The molecule has 2 rings (SSSR count). The second kappa shape index (κ2) is 6.26. The second-order valence-electron chi connectivity index (χ2n) is 5.46. The summed E-state index contributed by atoms with van der Waals surface area (Å²) in [6.45, 7) is 1.65. The van der Waals surface area contributed by atoms with Gasteiger partial charge in [-0.2, -0.15) is 0 Å². The molecule has 0 spiro atoms. The van der Waals surface area contributed by atoms with Gasteiger partial charge < -0.3 is 20.3 Å². The Morgan fingerprint density at radius 2 is 2.05 bits per heavy atom. The molecule has 4 nitrogen and oxygen atoms in total. The van der Waals surface area contributed by atoms with Crippen molar-refractivity contribution in [1.29, 1.82) is 0 Å². The second-order valence-corrected chi connectivity index (χ2v) is 5.46. The summed E-state index contributed by atoms with van der Waals surface area (Å²) >= 11 is 0. The minimum atomic E-state index is 0.0437. The van der Waals surface area contributed by atoms with E-state index < -0.39 is 0 Å². The van der Waals surface area contributed by atoms with E-state index in [0.29, 0.717) is 12.3 Å². The number of nitrogens with one attached hydrogen (secondary N) is 1. The Kier molecular flexibility index (Phi) is 4.66. The zero-order chi connectivity index (χ0) is 13.7. The minimum Gasteiger partial charge on any atom is -0.507 e. The van der Waals surface area contributed by atoms with Crippen molar-refractivity contribution in [3.8, 4) is 11.5 Å². The van der Waals surface area contributed by atoms with Gasteiger partial charge in [-0.1, -0.05) is 18.9 Å². The van der Waals surface area contributed by atoms with Crippen molar-refractivity contribution in [2.75, 3.05) is 20.3 Å². The Bertz CT molecular complexity index is 414. The molecule has 0 aromatic heterocycles. The molecule has 1 saturated carbocycles. The predicted octanol–water partition coefficient (Wildman–Crippen LogP) is 2.04. The van der Waals surface area contributed by atoms with Gasteiger partial charge in [-0.25, -0.2) is 0 Å². The fourth-order valence-electron chi connectivity index (χ4n) is 2.80. The summed E-state index contributed by atoms with van der Waals surface area (Å²) in [5.41, 5.74) is 0.897. The van der Waals surface area contributed by atoms with Gasteiger partial charge in [0.05, 0.1) is 7.11 Å². The first-order valence-corrected chi connectivity index (χ1v) is 6.87. The Labute approximate surface area is 114 Å². The molecule has 19 heavy (non-hydrogen) atoms. The number of methoxy groups -OCH3 is 1. The molecule has 1 aliphatic rings. The van der Waals surface area contributed by atoms with Crippen molar-refractivity contribution in [2.24, 2.45) is 5.41 Å². The van der Waals surface area contributed by atoms with Crippen LogP contribution in [0.4, 0.5) is 0 Å². The standard InChI is InChI=1S/C15H23NO3/c1-19-13-5-4-12(14(18)8-13)9-16-10-15(11-17)6-2-3-7-15/h4-5,8,16-18H,2-3,6-7,9-11H2,1H3. The van der Waals surface area contributed by atoms with Crippen LogP contribution in [0.2, 0.25) is 0 Å². The van der Waals surface area contributed by atoms with Crippen molar-refractivity contribution in [3.05, 3.63) is 23.8 Å². The number of hydrogen-bond donors (Lipinski definition) is 3. The molecule has 1 aliphatic carbocycles. The lowest BCUT2D eigenvalue weighted by Crippen LogP contribution is -2.34. The van der Waals surface area contributed by atoms with Crippen molar-refractivity contribution >= 4 is 0 Å². The fourth-order valence-corrected chi connectivity index (χ4v) is 2.80. The van der Waals surface area contributed by atoms with Crippen LogP contribution in [0.25, 0.3) is 0 Å². The maximum absolute atomic E-state index is 9.87. The first-order valence-electron chi connectivity index (χ1n) is 6.87. The zero-order valence-corrected chi connectivity index (χ0v) is 11.5. The van der Waals surface area contributed by atoms with Gasteiger partial charge in [0.1, 0.15) is 11.5 Å². The molecule has 0 saturated heterocycles. The molecular formula is C15H23NO3. The lowest BCUT2D eigenvalue weighted by atomic mass is 9.87. The number of aliphatic hydroxyl groups excluding tert-OH is 1. The van der Waals surface area contributed by atoms with Gasteiger partial charge in [0, 0.05) is 36.7 Å². The fraction of sp³-hybridized carbons (Fsp3) is 0.600. The molecule has 0 bridgehead atoms. The van der Waals surface area contributed by atoms with Crippen LogP contribution in [0.15, 0.2) is 18.2 Å². The van der Waals surface area contributed by atoms with Crippen molar-refractivity contribution in [2.45, 2.75) is 32.2 Å². The van der Waals surface area contributed by atoms with E-state index in [9.17, 15) is 10.2 Å². The van der Waals surface area contributed by atoms with Crippen LogP contribution in [-0.4, -0.2) is 30.5 Å². The van der Waals surface area contributed by atoms with Crippen LogP contribution < -0.4 is 10.1 Å². The molecule has 0 atom stereocenters. The summed E-state index contributed by atoms with van der Waals surface area (Å²) in [4.78, 5) is 0. The van der Waals surface area contributed by atoms with E-state index in [1.54, 1.807) is 13.2 Å². The highest BCUT2D eigenvalue weighted by atomic mass is 16.5. The van der Waals surface area contributed by atoms with Crippen molar-refractivity contribution in [3.63, 3.8) is 0 Å². The number of hydrogen-bond acceptors (Lipinski definition) is 4. The molecule has 106 valence electrons. The lowest BCUT2D eigenvalue weighted by molar-refractivity contribution is 0.128. The molecule has 0 radical (unpaired) electrons. The number of ether oxygens (including phenoxy) is 1. The highest BCUT2D eigenvalue weighted by molar-refractivity contribution is 5.39. The van der Waals surface area contributed by atoms with Crippen LogP contribution >= 0.6 is 0 Å². The van der Waals surface area contributed by atoms with E-state index in [4.69, 9.17) is 4.74 Å². The Morgan fingerprint density at radius 1 is 1.32 bits per heavy atom. The smallest absolute Gasteiger partial charge is 0.123 e. The van der Waals surface area contributed by atoms with Gasteiger partial charge in [0.15, 0.2) is 0 Å². The number of benzene rings is 1. The maximum atomic E-state index is 9.87. The summed E-state index contributed by atoms with van der Waals surface area (Å²) in [6, 6.07) is 5.32. The van der Waals surface area contributed by atoms with Crippen LogP contribution in [0.5, 0.6) is 11.5 Å². The molecule has 1 aromatic carbocycles. The van der Waals surface area contributed by atoms with Gasteiger partial charge in [-0.05, 0) is 18.9 Å². The first-order chi connectivity index (χ1) is 9.19. The van der Waals surface area contributed by atoms with Crippen molar-refractivity contribution in [1.82, 2.24) is 5.32 Å². The predicted molar refractivity (Wildman–Crippen MR) is 74.4 cm³/mol. The highest BCUT2D eigenvalue weighted by Gasteiger charge is 2.32. The molecule has 0 unspecified atom stereocenters. The molecular weight excluding hydrogens is 242 g/mol. The first kappa shape index (κ1) is 14.2.